The van der Waals surface area contributed by atoms with Gasteiger partial charge in [-0.3, -0.25) is 24.0 Å². The molecule has 0 aliphatic carbocycles. The number of sulfonamides is 1. The van der Waals surface area contributed by atoms with E-state index in [1.165, 1.54) is 49.3 Å². The SMILES string of the molecule is CC[C@@H](C(=O)NC(C)(C)C)N(Cc1ccc(C)cc1)C(=O)CN(c1cc(Cl)ccc1OC)S(=O)(=O)c1ccc(C)c([N+](=O)[O-])c1. The van der Waals surface area contributed by atoms with Crippen LogP contribution in [0.15, 0.2) is 65.6 Å². The lowest BCUT2D eigenvalue weighted by atomic mass is 10.1. The van der Waals surface area contributed by atoms with Crippen LogP contribution in [0.5, 0.6) is 5.75 Å². The Hall–Kier alpha value is -4.16. The van der Waals surface area contributed by atoms with Gasteiger partial charge in [0, 0.05) is 28.7 Å². The van der Waals surface area contributed by atoms with Crippen molar-refractivity contribution < 1.29 is 27.7 Å². The zero-order valence-electron chi connectivity index (χ0n) is 26.5. The van der Waals surface area contributed by atoms with Gasteiger partial charge in [0.25, 0.3) is 15.7 Å². The second-order valence-electron chi connectivity index (χ2n) is 11.7. The Labute approximate surface area is 269 Å². The fourth-order valence-electron chi connectivity index (χ4n) is 4.71. The fourth-order valence-corrected chi connectivity index (χ4v) is 6.31. The quantitative estimate of drug-likeness (QED) is 0.192. The van der Waals surface area contributed by atoms with Crippen molar-refractivity contribution in [1.29, 1.82) is 0 Å². The van der Waals surface area contributed by atoms with Gasteiger partial charge < -0.3 is 15.0 Å². The molecule has 1 N–H and O–H groups in total. The lowest BCUT2D eigenvalue weighted by molar-refractivity contribution is -0.385. The van der Waals surface area contributed by atoms with E-state index >= 15 is 0 Å². The number of methoxy groups -OCH3 is 1. The van der Waals surface area contributed by atoms with Crippen molar-refractivity contribution in [2.24, 2.45) is 0 Å². The minimum Gasteiger partial charge on any atom is -0.495 e. The minimum atomic E-state index is -4.62. The van der Waals surface area contributed by atoms with Crippen LogP contribution in [0.1, 0.15) is 50.8 Å². The average Bonchev–Trinajstić information content (AvgIpc) is 2.95. The predicted octanol–water partition coefficient (Wildman–Crippen LogP) is 5.79. The lowest BCUT2D eigenvalue weighted by Crippen LogP contribution is -2.55. The molecule has 0 unspecified atom stereocenters. The van der Waals surface area contributed by atoms with Crippen LogP contribution in [0.4, 0.5) is 11.4 Å². The maximum atomic E-state index is 14.3. The van der Waals surface area contributed by atoms with Crippen LogP contribution in [0.2, 0.25) is 5.02 Å². The predicted molar refractivity (Wildman–Crippen MR) is 174 cm³/mol. The van der Waals surface area contributed by atoms with E-state index in [1.807, 2.05) is 52.0 Å². The Kier molecular flexibility index (Phi) is 11.2. The highest BCUT2D eigenvalue weighted by molar-refractivity contribution is 7.92. The van der Waals surface area contributed by atoms with Crippen LogP contribution in [0.25, 0.3) is 0 Å². The monoisotopic (exact) mass is 658 g/mol. The van der Waals surface area contributed by atoms with Crippen LogP contribution in [-0.2, 0) is 26.2 Å². The number of anilines is 1. The number of amides is 2. The van der Waals surface area contributed by atoms with Gasteiger partial charge >= 0.3 is 0 Å². The van der Waals surface area contributed by atoms with Crippen LogP contribution >= 0.6 is 11.6 Å². The molecule has 13 heteroatoms. The molecule has 1 atom stereocenters. The van der Waals surface area contributed by atoms with Gasteiger partial charge in [-0.2, -0.15) is 0 Å². The van der Waals surface area contributed by atoms with Crippen LogP contribution in [0, 0.1) is 24.0 Å². The average molecular weight is 659 g/mol. The zero-order valence-corrected chi connectivity index (χ0v) is 28.0. The van der Waals surface area contributed by atoms with Crippen molar-refractivity contribution in [3.8, 4) is 5.75 Å². The summed E-state index contributed by atoms with van der Waals surface area (Å²) in [4.78, 5) is 39.8. The third-order valence-corrected chi connectivity index (χ3v) is 9.00. The van der Waals surface area contributed by atoms with Crippen molar-refractivity contribution >= 4 is 44.8 Å². The number of nitro groups is 1. The Morgan fingerprint density at radius 1 is 1.04 bits per heavy atom. The summed E-state index contributed by atoms with van der Waals surface area (Å²) in [6.45, 7) is 9.92. The number of halogens is 1. The first kappa shape index (κ1) is 35.3. The van der Waals surface area contributed by atoms with Gasteiger partial charge in [-0.1, -0.05) is 54.4 Å². The molecule has 0 saturated carbocycles. The van der Waals surface area contributed by atoms with E-state index in [2.05, 4.69) is 5.32 Å². The number of aryl methyl sites for hydroxylation is 2. The van der Waals surface area contributed by atoms with Crippen molar-refractivity contribution in [2.75, 3.05) is 18.0 Å². The number of carbonyl (C=O) groups excluding carboxylic acids is 2. The summed E-state index contributed by atoms with van der Waals surface area (Å²) in [7, 11) is -3.29. The van der Waals surface area contributed by atoms with E-state index in [-0.39, 0.29) is 35.0 Å². The number of hydrogen-bond acceptors (Lipinski definition) is 7. The third-order valence-electron chi connectivity index (χ3n) is 7.01. The maximum Gasteiger partial charge on any atom is 0.273 e. The van der Waals surface area contributed by atoms with E-state index in [9.17, 15) is 28.1 Å². The molecule has 0 heterocycles. The second kappa shape index (κ2) is 14.3. The van der Waals surface area contributed by atoms with Gasteiger partial charge in [0.05, 0.1) is 22.6 Å². The Morgan fingerprint density at radius 2 is 1.69 bits per heavy atom. The van der Waals surface area contributed by atoms with E-state index in [0.29, 0.717) is 0 Å². The molecule has 0 saturated heterocycles. The summed E-state index contributed by atoms with van der Waals surface area (Å²) in [6, 6.07) is 14.3. The van der Waals surface area contributed by atoms with E-state index < -0.39 is 55.5 Å². The number of nitrogens with zero attached hydrogens (tertiary/aromatic N) is 3. The highest BCUT2D eigenvalue weighted by Crippen LogP contribution is 2.36. The number of nitrogens with one attached hydrogen (secondary N) is 1. The van der Waals surface area contributed by atoms with Crippen LogP contribution in [-0.4, -0.2) is 55.3 Å². The molecule has 0 aliphatic heterocycles. The van der Waals surface area contributed by atoms with Crippen molar-refractivity contribution in [1.82, 2.24) is 10.2 Å². The standard InChI is InChI=1S/C32H39ClN4O7S/c1-8-26(31(39)34-32(4,5)6)35(19-23-12-9-21(2)10-13-23)30(38)20-36(28-17-24(33)14-16-29(28)44-7)45(42,43)25-15-11-22(3)27(18-25)37(40)41/h9-18,26H,8,19-20H2,1-7H3,(H,34,39)/t26-/m0/s1. The molecule has 0 fully saturated rings. The molecule has 3 aromatic rings. The van der Waals surface area contributed by atoms with Gasteiger partial charge in [-0.05, 0) is 70.9 Å². The van der Waals surface area contributed by atoms with E-state index in [4.69, 9.17) is 16.3 Å². The van der Waals surface area contributed by atoms with E-state index in [1.54, 1.807) is 6.92 Å². The Bertz CT molecular complexity index is 1670. The number of rotatable bonds is 12. The van der Waals surface area contributed by atoms with Crippen LogP contribution < -0.4 is 14.4 Å². The van der Waals surface area contributed by atoms with Crippen LogP contribution in [0.3, 0.4) is 0 Å². The Morgan fingerprint density at radius 3 is 2.24 bits per heavy atom. The highest BCUT2D eigenvalue weighted by Gasteiger charge is 2.36. The number of ether oxygens (including phenoxy) is 1. The summed E-state index contributed by atoms with van der Waals surface area (Å²) in [5.74, 6) is -0.979. The topological polar surface area (TPSA) is 139 Å². The van der Waals surface area contributed by atoms with Gasteiger partial charge in [0.2, 0.25) is 11.8 Å². The number of hydrogen-bond donors (Lipinski definition) is 1. The molecule has 3 rings (SSSR count). The van der Waals surface area contributed by atoms with E-state index in [0.717, 1.165) is 21.5 Å². The maximum absolute atomic E-state index is 14.3. The summed E-state index contributed by atoms with van der Waals surface area (Å²) in [6.07, 6.45) is 0.247. The van der Waals surface area contributed by atoms with Gasteiger partial charge in [0.1, 0.15) is 18.3 Å². The molecular weight excluding hydrogens is 620 g/mol. The van der Waals surface area contributed by atoms with Crippen molar-refractivity contribution in [3.63, 3.8) is 0 Å². The summed E-state index contributed by atoms with van der Waals surface area (Å²) in [5, 5.41) is 14.8. The largest absolute Gasteiger partial charge is 0.495 e. The van der Waals surface area contributed by atoms with Crippen molar-refractivity contribution in [3.05, 3.63) is 92.5 Å². The summed E-state index contributed by atoms with van der Waals surface area (Å²) in [5.41, 5.74) is 0.968. The Balaban J connectivity index is 2.20. The number of benzene rings is 3. The molecule has 0 radical (unpaired) electrons. The first-order chi connectivity index (χ1) is 21.0. The molecule has 0 bridgehead atoms. The van der Waals surface area contributed by atoms with Gasteiger partial charge in [-0.15, -0.1) is 0 Å². The molecule has 0 aromatic heterocycles. The number of nitro benzene ring substituents is 1. The first-order valence-electron chi connectivity index (χ1n) is 14.3. The molecule has 11 nitrogen and oxygen atoms in total. The third kappa shape index (κ3) is 8.73. The summed E-state index contributed by atoms with van der Waals surface area (Å²) < 4.78 is 34.8. The van der Waals surface area contributed by atoms with Gasteiger partial charge in [0.15, 0.2) is 0 Å². The molecule has 3 aromatic carbocycles. The number of carbonyl (C=O) groups is 2. The molecule has 45 heavy (non-hydrogen) atoms. The lowest BCUT2D eigenvalue weighted by Gasteiger charge is -2.35. The highest BCUT2D eigenvalue weighted by atomic mass is 35.5. The smallest absolute Gasteiger partial charge is 0.273 e. The molecule has 242 valence electrons. The second-order valence-corrected chi connectivity index (χ2v) is 14.0. The molecule has 0 aliphatic rings. The molecule has 0 spiro atoms. The van der Waals surface area contributed by atoms with Crippen molar-refractivity contribution in [2.45, 2.75) is 71.0 Å². The normalized spacial score (nSPS) is 12.3. The summed E-state index contributed by atoms with van der Waals surface area (Å²) >= 11 is 6.28. The molecule has 2 amide bonds. The zero-order chi connectivity index (χ0) is 33.7. The van der Waals surface area contributed by atoms with Gasteiger partial charge in [-0.25, -0.2) is 8.42 Å². The minimum absolute atomic E-state index is 0.0196. The molecular formula is C32H39ClN4O7S. The fraction of sp³-hybridized carbons (Fsp3) is 0.375. The first-order valence-corrected chi connectivity index (χ1v) is 16.1.